The van der Waals surface area contributed by atoms with Gasteiger partial charge in [0.15, 0.2) is 0 Å². The van der Waals surface area contributed by atoms with Gasteiger partial charge in [-0.3, -0.25) is 0 Å². The van der Waals surface area contributed by atoms with Crippen LogP contribution in [0.3, 0.4) is 0 Å². The summed E-state index contributed by atoms with van der Waals surface area (Å²) in [6.45, 7) is 4.17. The van der Waals surface area contributed by atoms with Crippen molar-refractivity contribution in [3.8, 4) is 0 Å². The number of allylic oxidation sites excluding steroid dienone is 2. The molecule has 0 heterocycles. The third-order valence-electron chi connectivity index (χ3n) is 7.91. The Morgan fingerprint density at radius 3 is 0.905 bits per heavy atom. The quantitative estimate of drug-likeness (QED) is 0.0368. The Balaban J connectivity index is 0. The van der Waals surface area contributed by atoms with Crippen LogP contribution in [0.1, 0.15) is 168 Å². The summed E-state index contributed by atoms with van der Waals surface area (Å²) in [5, 5.41) is 36.6. The molecule has 6 nitrogen and oxygen atoms in total. The third-order valence-corrected chi connectivity index (χ3v) is 7.91. The Labute approximate surface area is 261 Å². The molecular formula is C36H74N2O4. The fraction of sp³-hybridized carbons (Fsp3) is 0.889. The van der Waals surface area contributed by atoms with Crippen LogP contribution in [0.4, 0.5) is 0 Å². The smallest absolute Gasteiger partial charge is 0.0894 e. The maximum absolute atomic E-state index is 9.52. The first-order valence-corrected chi connectivity index (χ1v) is 17.9. The zero-order valence-electron chi connectivity index (χ0n) is 27.9. The molecule has 252 valence electrons. The van der Waals surface area contributed by atoms with Crippen LogP contribution in [-0.2, 0) is 0 Å². The molecule has 4 atom stereocenters. The highest BCUT2D eigenvalue weighted by molar-refractivity contribution is 4.94. The highest BCUT2D eigenvalue weighted by Gasteiger charge is 2.09. The number of hydrogen-bond acceptors (Lipinski definition) is 6. The molecule has 0 saturated carbocycles. The van der Waals surface area contributed by atoms with Crippen LogP contribution in [0, 0.1) is 0 Å². The molecule has 42 heavy (non-hydrogen) atoms. The van der Waals surface area contributed by atoms with Gasteiger partial charge < -0.3 is 31.9 Å². The van der Waals surface area contributed by atoms with Gasteiger partial charge in [-0.05, 0) is 25.7 Å². The van der Waals surface area contributed by atoms with E-state index in [1.54, 1.807) is 12.2 Å². The molecule has 0 aromatic rings. The maximum atomic E-state index is 9.52. The second-order valence-electron chi connectivity index (χ2n) is 12.2. The summed E-state index contributed by atoms with van der Waals surface area (Å²) in [6, 6.07) is -1.11. The fourth-order valence-corrected chi connectivity index (χ4v) is 4.83. The van der Waals surface area contributed by atoms with Gasteiger partial charge in [0.1, 0.15) is 0 Å². The van der Waals surface area contributed by atoms with E-state index in [1.165, 1.54) is 141 Å². The molecule has 4 unspecified atom stereocenters. The van der Waals surface area contributed by atoms with Crippen molar-refractivity contribution < 1.29 is 20.4 Å². The lowest BCUT2D eigenvalue weighted by atomic mass is 10.0. The van der Waals surface area contributed by atoms with E-state index < -0.39 is 24.3 Å². The van der Waals surface area contributed by atoms with Crippen LogP contribution in [0.5, 0.6) is 0 Å². The molecule has 0 aromatic heterocycles. The van der Waals surface area contributed by atoms with Crippen molar-refractivity contribution >= 4 is 0 Å². The summed E-state index contributed by atoms with van der Waals surface area (Å²) in [6.07, 6.45) is 37.6. The molecule has 0 amide bonds. The average molecular weight is 599 g/mol. The minimum atomic E-state index is -0.720. The topological polar surface area (TPSA) is 133 Å². The maximum Gasteiger partial charge on any atom is 0.0894 e. The SMILES string of the molecule is CCCCCCCCCCCCC/C=C/C(O)C(N)CO.CCCCCCCCCCCCC/C=C/C(O)C(N)CO. The van der Waals surface area contributed by atoms with E-state index in [0.717, 1.165) is 12.8 Å². The van der Waals surface area contributed by atoms with E-state index in [4.69, 9.17) is 21.7 Å². The van der Waals surface area contributed by atoms with Gasteiger partial charge in [-0.2, -0.15) is 0 Å². The van der Waals surface area contributed by atoms with Crippen LogP contribution in [0.25, 0.3) is 0 Å². The lowest BCUT2D eigenvalue weighted by Crippen LogP contribution is -2.36. The molecule has 0 saturated heterocycles. The number of rotatable bonds is 30. The van der Waals surface area contributed by atoms with Crippen LogP contribution < -0.4 is 11.5 Å². The number of hydrogen-bond donors (Lipinski definition) is 6. The first-order valence-electron chi connectivity index (χ1n) is 17.9. The van der Waals surface area contributed by atoms with Crippen molar-refractivity contribution in [2.75, 3.05) is 13.2 Å². The summed E-state index contributed by atoms with van der Waals surface area (Å²) >= 11 is 0. The van der Waals surface area contributed by atoms with Crippen molar-refractivity contribution in [2.45, 2.75) is 192 Å². The molecule has 0 aromatic carbocycles. The first kappa shape index (κ1) is 43.4. The zero-order chi connectivity index (χ0) is 31.5. The Kier molecular flexibility index (Phi) is 37.6. The zero-order valence-corrected chi connectivity index (χ0v) is 27.9. The molecule has 0 fully saturated rings. The Bertz CT molecular complexity index is 511. The van der Waals surface area contributed by atoms with Crippen LogP contribution in [-0.4, -0.2) is 57.9 Å². The highest BCUT2D eigenvalue weighted by Crippen LogP contribution is 2.13. The number of aliphatic hydroxyl groups excluding tert-OH is 4. The van der Waals surface area contributed by atoms with E-state index >= 15 is 0 Å². The highest BCUT2D eigenvalue weighted by atomic mass is 16.3. The van der Waals surface area contributed by atoms with E-state index in [9.17, 15) is 10.2 Å². The normalized spacial score (nSPS) is 14.7. The molecule has 0 aliphatic carbocycles. The summed E-state index contributed by atoms with van der Waals surface area (Å²) in [7, 11) is 0. The van der Waals surface area contributed by atoms with E-state index in [0.29, 0.717) is 0 Å². The van der Waals surface area contributed by atoms with Gasteiger partial charge in [-0.15, -0.1) is 0 Å². The molecule has 0 radical (unpaired) electrons. The standard InChI is InChI=1S/2C18H37NO2/c2*1-2-3-4-5-6-7-8-9-10-11-12-13-14-15-18(21)17(19)16-20/h2*14-15,17-18,20-21H,2-13,16,19H2,1H3/b2*15-14+. The number of aliphatic hydroxyl groups is 4. The average Bonchev–Trinajstić information content (AvgIpc) is 3.00. The summed E-state index contributed by atoms with van der Waals surface area (Å²) in [5.41, 5.74) is 11.0. The van der Waals surface area contributed by atoms with Crippen LogP contribution >= 0.6 is 0 Å². The molecule has 8 N–H and O–H groups in total. The van der Waals surface area contributed by atoms with Crippen molar-refractivity contribution in [1.29, 1.82) is 0 Å². The van der Waals surface area contributed by atoms with Crippen molar-refractivity contribution in [2.24, 2.45) is 11.5 Å². The summed E-state index contributed by atoms with van der Waals surface area (Å²) in [4.78, 5) is 0. The lowest BCUT2D eigenvalue weighted by molar-refractivity contribution is 0.143. The summed E-state index contributed by atoms with van der Waals surface area (Å²) in [5.74, 6) is 0. The fourth-order valence-electron chi connectivity index (χ4n) is 4.83. The summed E-state index contributed by atoms with van der Waals surface area (Å²) < 4.78 is 0. The molecule has 0 bridgehead atoms. The molecule has 6 heteroatoms. The molecular weight excluding hydrogens is 524 g/mol. The van der Waals surface area contributed by atoms with Crippen molar-refractivity contribution in [3.63, 3.8) is 0 Å². The van der Waals surface area contributed by atoms with E-state index in [-0.39, 0.29) is 13.2 Å². The van der Waals surface area contributed by atoms with E-state index in [2.05, 4.69) is 13.8 Å². The Morgan fingerprint density at radius 1 is 0.429 bits per heavy atom. The van der Waals surface area contributed by atoms with Gasteiger partial charge >= 0.3 is 0 Å². The predicted molar refractivity (Wildman–Crippen MR) is 183 cm³/mol. The predicted octanol–water partition coefficient (Wildman–Crippen LogP) is 7.85. The molecule has 0 spiro atoms. The second kappa shape index (κ2) is 36.4. The number of nitrogens with two attached hydrogens (primary N) is 2. The van der Waals surface area contributed by atoms with Crippen LogP contribution in [0.15, 0.2) is 24.3 Å². The van der Waals surface area contributed by atoms with Gasteiger partial charge in [0.2, 0.25) is 0 Å². The minimum absolute atomic E-state index is 0.177. The minimum Gasteiger partial charge on any atom is -0.395 e. The van der Waals surface area contributed by atoms with Gasteiger partial charge in [0.25, 0.3) is 0 Å². The van der Waals surface area contributed by atoms with Crippen LogP contribution in [0.2, 0.25) is 0 Å². The molecule has 0 aliphatic rings. The first-order chi connectivity index (χ1) is 20.4. The van der Waals surface area contributed by atoms with Gasteiger partial charge in [0, 0.05) is 0 Å². The molecule has 0 aliphatic heterocycles. The largest absolute Gasteiger partial charge is 0.395 e. The third kappa shape index (κ3) is 33.7. The van der Waals surface area contributed by atoms with Gasteiger partial charge in [0.05, 0.1) is 37.5 Å². The molecule has 0 rings (SSSR count). The van der Waals surface area contributed by atoms with Crippen molar-refractivity contribution in [3.05, 3.63) is 24.3 Å². The Morgan fingerprint density at radius 2 is 0.667 bits per heavy atom. The van der Waals surface area contributed by atoms with E-state index in [1.807, 2.05) is 12.2 Å². The monoisotopic (exact) mass is 599 g/mol. The Hall–Kier alpha value is -0.760. The van der Waals surface area contributed by atoms with Gasteiger partial charge in [-0.1, -0.05) is 167 Å². The van der Waals surface area contributed by atoms with Gasteiger partial charge in [-0.25, -0.2) is 0 Å². The number of unbranched alkanes of at least 4 members (excludes halogenated alkanes) is 22. The second-order valence-corrected chi connectivity index (χ2v) is 12.2. The lowest BCUT2D eigenvalue weighted by Gasteiger charge is -2.11. The van der Waals surface area contributed by atoms with Crippen molar-refractivity contribution in [1.82, 2.24) is 0 Å².